The van der Waals surface area contributed by atoms with Crippen LogP contribution < -0.4 is 5.32 Å². The van der Waals surface area contributed by atoms with Gasteiger partial charge in [0.2, 0.25) is 0 Å². The zero-order valence-corrected chi connectivity index (χ0v) is 9.05. The van der Waals surface area contributed by atoms with E-state index in [0.29, 0.717) is 5.92 Å². The van der Waals surface area contributed by atoms with Crippen molar-refractivity contribution in [2.45, 2.75) is 13.8 Å². The first-order valence-corrected chi connectivity index (χ1v) is 5.09. The van der Waals surface area contributed by atoms with Crippen molar-refractivity contribution in [1.82, 2.24) is 5.32 Å². The van der Waals surface area contributed by atoms with Gasteiger partial charge in [-0.05, 0) is 0 Å². The lowest BCUT2D eigenvalue weighted by Gasteiger charge is -2.04. The molecule has 0 amide bonds. The Morgan fingerprint density at radius 3 is 2.15 bits per heavy atom. The number of thiocarbonyl (C=S) groups is 1. The molecular weight excluding hydrogens is 178 g/mol. The van der Waals surface area contributed by atoms with Gasteiger partial charge in [0.05, 0.1) is 5.49 Å². The molecule has 0 spiro atoms. The van der Waals surface area contributed by atoms with Crippen LogP contribution in [0.3, 0.4) is 0 Å². The van der Waals surface area contributed by atoms with Crippen LogP contribution >= 0.6 is 12.2 Å². The number of hydrogen-bond acceptors (Lipinski definition) is 1. The maximum atomic E-state index is 4.65. The van der Waals surface area contributed by atoms with E-state index in [1.807, 2.05) is 26.0 Å². The Labute approximate surface area is 86.2 Å². The summed E-state index contributed by atoms with van der Waals surface area (Å²) in [6.07, 6.45) is 12.4. The zero-order chi connectivity index (χ0) is 9.94. The van der Waals surface area contributed by atoms with Crippen LogP contribution in [0.4, 0.5) is 0 Å². The SMILES string of the molecule is CC.S=CNCC1C=CC=CC=C1. The van der Waals surface area contributed by atoms with Gasteiger partial charge >= 0.3 is 0 Å². The van der Waals surface area contributed by atoms with Crippen LogP contribution in [-0.4, -0.2) is 12.0 Å². The zero-order valence-electron chi connectivity index (χ0n) is 8.23. The standard InChI is InChI=1S/C9H11NS.C2H6/c11-8-10-7-9-5-3-1-2-4-6-9;1-2/h1-6,8-9H,7H2,(H,10,11);1-2H3. The second-order valence-electron chi connectivity index (χ2n) is 2.34. The summed E-state index contributed by atoms with van der Waals surface area (Å²) < 4.78 is 0. The molecule has 0 unspecified atom stereocenters. The molecule has 1 aliphatic carbocycles. The minimum Gasteiger partial charge on any atom is -0.381 e. The molecule has 0 saturated carbocycles. The van der Waals surface area contributed by atoms with Crippen LogP contribution in [0, 0.1) is 5.92 Å². The Morgan fingerprint density at radius 2 is 1.69 bits per heavy atom. The predicted molar refractivity (Wildman–Crippen MR) is 63.9 cm³/mol. The van der Waals surface area contributed by atoms with E-state index in [4.69, 9.17) is 0 Å². The smallest absolute Gasteiger partial charge is 0.0615 e. The third-order valence-electron chi connectivity index (χ3n) is 1.49. The average Bonchev–Trinajstić information content (AvgIpc) is 2.46. The number of rotatable bonds is 3. The Kier molecular flexibility index (Phi) is 8.57. The second kappa shape index (κ2) is 9.20. The molecule has 0 aliphatic heterocycles. The van der Waals surface area contributed by atoms with Crippen molar-refractivity contribution in [3.8, 4) is 0 Å². The van der Waals surface area contributed by atoms with Gasteiger partial charge in [-0.3, -0.25) is 0 Å². The van der Waals surface area contributed by atoms with E-state index in [0.717, 1.165) is 6.54 Å². The van der Waals surface area contributed by atoms with E-state index in [1.165, 1.54) is 0 Å². The van der Waals surface area contributed by atoms with Crippen molar-refractivity contribution in [2.24, 2.45) is 5.92 Å². The Bertz CT molecular complexity index is 188. The molecule has 0 aromatic heterocycles. The van der Waals surface area contributed by atoms with Crippen LogP contribution in [0.2, 0.25) is 0 Å². The van der Waals surface area contributed by atoms with Crippen molar-refractivity contribution < 1.29 is 0 Å². The lowest BCUT2D eigenvalue weighted by Crippen LogP contribution is -2.17. The van der Waals surface area contributed by atoms with Crippen LogP contribution in [0.1, 0.15) is 13.8 Å². The molecule has 72 valence electrons. The van der Waals surface area contributed by atoms with Crippen LogP contribution in [0.15, 0.2) is 36.5 Å². The average molecular weight is 195 g/mol. The van der Waals surface area contributed by atoms with E-state index in [-0.39, 0.29) is 0 Å². The van der Waals surface area contributed by atoms with Crippen LogP contribution in [0.5, 0.6) is 0 Å². The molecule has 0 heterocycles. The largest absolute Gasteiger partial charge is 0.381 e. The second-order valence-corrected chi connectivity index (χ2v) is 2.58. The molecule has 0 aromatic carbocycles. The first-order valence-electron chi connectivity index (χ1n) is 4.62. The summed E-state index contributed by atoms with van der Waals surface area (Å²) in [4.78, 5) is 0. The van der Waals surface area contributed by atoms with E-state index in [9.17, 15) is 0 Å². The molecule has 0 radical (unpaired) electrons. The normalized spacial score (nSPS) is 14.3. The maximum absolute atomic E-state index is 4.65. The van der Waals surface area contributed by atoms with Crippen molar-refractivity contribution in [1.29, 1.82) is 0 Å². The van der Waals surface area contributed by atoms with Gasteiger partial charge in [-0.15, -0.1) is 0 Å². The highest BCUT2D eigenvalue weighted by Gasteiger charge is 1.97. The highest BCUT2D eigenvalue weighted by Crippen LogP contribution is 2.03. The minimum atomic E-state index is 0.462. The van der Waals surface area contributed by atoms with Crippen molar-refractivity contribution >= 4 is 17.7 Å². The summed E-state index contributed by atoms with van der Waals surface area (Å²) in [6.45, 7) is 4.89. The van der Waals surface area contributed by atoms with Gasteiger partial charge in [-0.1, -0.05) is 62.5 Å². The van der Waals surface area contributed by atoms with Crippen molar-refractivity contribution in [3.63, 3.8) is 0 Å². The molecule has 2 heteroatoms. The summed E-state index contributed by atoms with van der Waals surface area (Å²) in [6, 6.07) is 0. The topological polar surface area (TPSA) is 12.0 Å². The summed E-state index contributed by atoms with van der Waals surface area (Å²) in [5.74, 6) is 0.462. The molecule has 0 atom stereocenters. The van der Waals surface area contributed by atoms with Gasteiger partial charge in [0.15, 0.2) is 0 Å². The molecule has 1 aliphatic rings. The summed E-state index contributed by atoms with van der Waals surface area (Å²) >= 11 is 4.65. The number of hydrogen-bond donors (Lipinski definition) is 1. The molecule has 0 bridgehead atoms. The number of allylic oxidation sites excluding steroid dienone is 4. The Hall–Kier alpha value is -0.890. The Morgan fingerprint density at radius 1 is 1.15 bits per heavy atom. The van der Waals surface area contributed by atoms with E-state index >= 15 is 0 Å². The third-order valence-corrected chi connectivity index (χ3v) is 1.65. The first kappa shape index (κ1) is 12.1. The van der Waals surface area contributed by atoms with Gasteiger partial charge in [0.1, 0.15) is 0 Å². The fourth-order valence-electron chi connectivity index (χ4n) is 0.926. The van der Waals surface area contributed by atoms with Gasteiger partial charge in [-0.25, -0.2) is 0 Å². The highest BCUT2D eigenvalue weighted by atomic mass is 32.1. The molecule has 1 N–H and O–H groups in total. The maximum Gasteiger partial charge on any atom is 0.0615 e. The lowest BCUT2D eigenvalue weighted by molar-refractivity contribution is 0.765. The predicted octanol–water partition coefficient (Wildman–Crippen LogP) is 2.86. The van der Waals surface area contributed by atoms with Gasteiger partial charge in [0, 0.05) is 12.5 Å². The van der Waals surface area contributed by atoms with Crippen molar-refractivity contribution in [2.75, 3.05) is 6.54 Å². The van der Waals surface area contributed by atoms with Gasteiger partial charge < -0.3 is 5.32 Å². The minimum absolute atomic E-state index is 0.462. The summed E-state index contributed by atoms with van der Waals surface area (Å²) in [5.41, 5.74) is 1.56. The van der Waals surface area contributed by atoms with Gasteiger partial charge in [-0.2, -0.15) is 0 Å². The van der Waals surface area contributed by atoms with Crippen molar-refractivity contribution in [3.05, 3.63) is 36.5 Å². The quantitative estimate of drug-likeness (QED) is 0.695. The highest BCUT2D eigenvalue weighted by molar-refractivity contribution is 7.78. The molecule has 13 heavy (non-hydrogen) atoms. The Balaban J connectivity index is 0.000000671. The third kappa shape index (κ3) is 6.29. The first-order chi connectivity index (χ1) is 6.43. The molecule has 0 fully saturated rings. The monoisotopic (exact) mass is 195 g/mol. The number of nitrogens with one attached hydrogen (secondary N) is 1. The van der Waals surface area contributed by atoms with E-state index < -0.39 is 0 Å². The summed E-state index contributed by atoms with van der Waals surface area (Å²) in [7, 11) is 0. The molecule has 1 rings (SSSR count). The van der Waals surface area contributed by atoms with Crippen LogP contribution in [-0.2, 0) is 0 Å². The van der Waals surface area contributed by atoms with Crippen LogP contribution in [0.25, 0.3) is 0 Å². The summed E-state index contributed by atoms with van der Waals surface area (Å²) in [5, 5.41) is 3.01. The van der Waals surface area contributed by atoms with E-state index in [1.54, 1.807) is 5.49 Å². The fourth-order valence-corrected chi connectivity index (χ4v) is 1.02. The molecule has 0 saturated heterocycles. The molecule has 1 nitrogen and oxygen atoms in total. The van der Waals surface area contributed by atoms with Gasteiger partial charge in [0.25, 0.3) is 0 Å². The lowest BCUT2D eigenvalue weighted by atomic mass is 10.1. The molecule has 0 aromatic rings. The molecular formula is C11H17NS. The fraction of sp³-hybridized carbons (Fsp3) is 0.364. The van der Waals surface area contributed by atoms with E-state index in [2.05, 4.69) is 41.8 Å².